The third-order valence-electron chi connectivity index (χ3n) is 5.87. The fourth-order valence-electron chi connectivity index (χ4n) is 3.96. The van der Waals surface area contributed by atoms with Crippen molar-refractivity contribution in [1.29, 1.82) is 0 Å². The number of para-hydroxylation sites is 1. The van der Waals surface area contributed by atoms with Crippen LogP contribution in [0.2, 0.25) is 0 Å². The highest BCUT2D eigenvalue weighted by Gasteiger charge is 2.26. The van der Waals surface area contributed by atoms with Gasteiger partial charge in [-0.15, -0.1) is 5.10 Å². The van der Waals surface area contributed by atoms with Crippen molar-refractivity contribution in [3.63, 3.8) is 0 Å². The molecular weight excluding hydrogens is 576 g/mol. The number of rotatable bonds is 9. The van der Waals surface area contributed by atoms with Crippen molar-refractivity contribution < 1.29 is 28.7 Å². The first-order valence-corrected chi connectivity index (χ1v) is 13.4. The average Bonchev–Trinajstić information content (AvgIpc) is 3.50. The Kier molecular flexibility index (Phi) is 8.58. The largest absolute Gasteiger partial charge is 0.493 e. The SMILES string of the molecule is COc1cc(/C=N/NC(=O)Cn2nc(-c3ccccc3)n(-c3ccccc3)c2=O)ccc1OC(=O)/C=C1\SC(=O)NC1=O. The van der Waals surface area contributed by atoms with Gasteiger partial charge in [-0.25, -0.2) is 24.3 Å². The summed E-state index contributed by atoms with van der Waals surface area (Å²) in [5.41, 5.74) is 3.68. The molecule has 5 rings (SSSR count). The Hall–Kier alpha value is -5.76. The Bertz CT molecular complexity index is 1830. The topological polar surface area (TPSA) is 163 Å². The number of methoxy groups -OCH3 is 1. The van der Waals surface area contributed by atoms with Gasteiger partial charge in [0.25, 0.3) is 17.1 Å². The Morgan fingerprint density at radius 3 is 2.40 bits per heavy atom. The second-order valence-corrected chi connectivity index (χ2v) is 9.79. The molecule has 1 aliphatic heterocycles. The summed E-state index contributed by atoms with van der Waals surface area (Å²) in [6.07, 6.45) is 2.24. The van der Waals surface area contributed by atoms with Crippen molar-refractivity contribution in [2.45, 2.75) is 6.54 Å². The van der Waals surface area contributed by atoms with Crippen molar-refractivity contribution in [3.05, 3.63) is 106 Å². The number of ether oxygens (including phenoxy) is 2. The van der Waals surface area contributed by atoms with Crippen LogP contribution in [0.25, 0.3) is 17.1 Å². The number of benzene rings is 3. The van der Waals surface area contributed by atoms with Crippen molar-refractivity contribution in [1.82, 2.24) is 25.1 Å². The number of thioether (sulfide) groups is 1. The number of nitrogens with one attached hydrogen (secondary N) is 2. The van der Waals surface area contributed by atoms with Crippen LogP contribution in [0.3, 0.4) is 0 Å². The lowest BCUT2D eigenvalue weighted by Gasteiger charge is -2.08. The highest BCUT2D eigenvalue weighted by molar-refractivity contribution is 8.18. The number of imide groups is 1. The number of hydrazone groups is 1. The van der Waals surface area contributed by atoms with Gasteiger partial charge in [0, 0.05) is 11.6 Å². The van der Waals surface area contributed by atoms with Gasteiger partial charge in [-0.1, -0.05) is 48.5 Å². The molecule has 2 heterocycles. The van der Waals surface area contributed by atoms with E-state index in [2.05, 4.69) is 15.6 Å². The van der Waals surface area contributed by atoms with E-state index in [0.717, 1.165) is 10.8 Å². The molecule has 1 fully saturated rings. The smallest absolute Gasteiger partial charge is 0.351 e. The van der Waals surface area contributed by atoms with Crippen molar-refractivity contribution in [2.24, 2.45) is 5.10 Å². The first-order chi connectivity index (χ1) is 20.8. The summed E-state index contributed by atoms with van der Waals surface area (Å²) in [7, 11) is 1.36. The molecule has 2 N–H and O–H groups in total. The number of amides is 3. The summed E-state index contributed by atoms with van der Waals surface area (Å²) in [6.45, 7) is -0.383. The van der Waals surface area contributed by atoms with Crippen LogP contribution in [-0.4, -0.2) is 50.7 Å². The second-order valence-electron chi connectivity index (χ2n) is 8.78. The van der Waals surface area contributed by atoms with Crippen LogP contribution >= 0.6 is 11.8 Å². The van der Waals surface area contributed by atoms with E-state index in [1.807, 2.05) is 41.7 Å². The average molecular weight is 599 g/mol. The molecule has 0 radical (unpaired) electrons. The number of hydrogen-bond acceptors (Lipinski definition) is 10. The van der Waals surface area contributed by atoms with E-state index in [1.165, 1.54) is 30.0 Å². The molecule has 1 aliphatic rings. The van der Waals surface area contributed by atoms with Crippen LogP contribution < -0.4 is 25.9 Å². The van der Waals surface area contributed by atoms with E-state index in [-0.39, 0.29) is 22.9 Å². The van der Waals surface area contributed by atoms with Crippen LogP contribution in [0.15, 0.2) is 99.7 Å². The van der Waals surface area contributed by atoms with Gasteiger partial charge in [-0.2, -0.15) is 5.10 Å². The fourth-order valence-corrected chi connectivity index (χ4v) is 4.60. The maximum atomic E-state index is 13.3. The molecule has 1 saturated heterocycles. The highest BCUT2D eigenvalue weighted by atomic mass is 32.2. The fraction of sp³-hybridized carbons (Fsp3) is 0.0690. The van der Waals surface area contributed by atoms with Gasteiger partial charge < -0.3 is 9.47 Å². The van der Waals surface area contributed by atoms with Crippen LogP contribution in [0.5, 0.6) is 11.5 Å². The highest BCUT2D eigenvalue weighted by Crippen LogP contribution is 2.29. The third kappa shape index (κ3) is 6.77. The monoisotopic (exact) mass is 598 g/mol. The van der Waals surface area contributed by atoms with Gasteiger partial charge >= 0.3 is 11.7 Å². The number of carbonyl (C=O) groups is 4. The first-order valence-electron chi connectivity index (χ1n) is 12.6. The maximum absolute atomic E-state index is 13.3. The Morgan fingerprint density at radius 2 is 1.72 bits per heavy atom. The minimum atomic E-state index is -0.875. The molecule has 0 atom stereocenters. The quantitative estimate of drug-likeness (QED) is 0.0969. The molecule has 0 saturated carbocycles. The molecule has 14 heteroatoms. The Balaban J connectivity index is 1.26. The van der Waals surface area contributed by atoms with Crippen molar-refractivity contribution in [3.8, 4) is 28.6 Å². The van der Waals surface area contributed by atoms with Gasteiger partial charge in [-0.05, 0) is 47.7 Å². The minimum absolute atomic E-state index is 0.0582. The zero-order valence-electron chi connectivity index (χ0n) is 22.4. The van der Waals surface area contributed by atoms with Gasteiger partial charge in [0.1, 0.15) is 6.54 Å². The molecule has 13 nitrogen and oxygen atoms in total. The van der Waals surface area contributed by atoms with Crippen LogP contribution in [0, 0.1) is 0 Å². The number of aromatic nitrogens is 3. The number of carbonyl (C=O) groups excluding carboxylic acids is 4. The molecule has 4 aromatic rings. The van der Waals surface area contributed by atoms with Gasteiger partial charge in [0.2, 0.25) is 0 Å². The molecular formula is C29H22N6O7S. The van der Waals surface area contributed by atoms with Gasteiger partial charge in [-0.3, -0.25) is 19.7 Å². The summed E-state index contributed by atoms with van der Waals surface area (Å²) in [6, 6.07) is 22.6. The number of esters is 1. The zero-order chi connectivity index (χ0) is 30.3. The van der Waals surface area contributed by atoms with Crippen molar-refractivity contribution in [2.75, 3.05) is 7.11 Å². The molecule has 0 bridgehead atoms. The van der Waals surface area contributed by atoms with Crippen LogP contribution in [-0.2, 0) is 20.9 Å². The van der Waals surface area contributed by atoms with E-state index < -0.39 is 28.7 Å². The molecule has 0 aliphatic carbocycles. The molecule has 0 unspecified atom stereocenters. The summed E-state index contributed by atoms with van der Waals surface area (Å²) in [5, 5.41) is 9.81. The molecule has 216 valence electrons. The summed E-state index contributed by atoms with van der Waals surface area (Å²) in [4.78, 5) is 60.9. The molecule has 3 aromatic carbocycles. The predicted octanol–water partition coefficient (Wildman–Crippen LogP) is 2.63. The predicted molar refractivity (Wildman–Crippen MR) is 157 cm³/mol. The lowest BCUT2D eigenvalue weighted by atomic mass is 10.2. The second kappa shape index (κ2) is 12.8. The van der Waals surface area contributed by atoms with E-state index in [4.69, 9.17) is 9.47 Å². The van der Waals surface area contributed by atoms with Gasteiger partial charge in [0.15, 0.2) is 17.3 Å². The lowest BCUT2D eigenvalue weighted by Crippen LogP contribution is -2.31. The van der Waals surface area contributed by atoms with E-state index >= 15 is 0 Å². The molecule has 3 amide bonds. The third-order valence-corrected chi connectivity index (χ3v) is 6.68. The first kappa shape index (κ1) is 28.8. The molecule has 1 aromatic heterocycles. The zero-order valence-corrected chi connectivity index (χ0v) is 23.2. The van der Waals surface area contributed by atoms with E-state index in [0.29, 0.717) is 34.4 Å². The van der Waals surface area contributed by atoms with E-state index in [9.17, 15) is 24.0 Å². The summed E-state index contributed by atoms with van der Waals surface area (Å²) in [5.74, 6) is -1.53. The summed E-state index contributed by atoms with van der Waals surface area (Å²) < 4.78 is 13.0. The van der Waals surface area contributed by atoms with Crippen molar-refractivity contribution >= 4 is 41.0 Å². The lowest BCUT2D eigenvalue weighted by molar-refractivity contribution is -0.129. The standard InChI is InChI=1S/C29H22N6O7S/c1-41-22-14-18(12-13-21(22)42-25(37)15-23-27(38)31-28(39)43-23)16-30-32-24(36)17-34-29(40)35(20-10-6-3-7-11-20)26(33-34)19-8-4-2-5-9-19/h2-16H,17H2,1H3,(H,32,36)(H,31,38,39)/b23-15-,30-16+. The molecule has 0 spiro atoms. The Morgan fingerprint density at radius 1 is 1.00 bits per heavy atom. The number of hydrogen-bond donors (Lipinski definition) is 2. The number of nitrogens with zero attached hydrogens (tertiary/aromatic N) is 4. The molecule has 43 heavy (non-hydrogen) atoms. The van der Waals surface area contributed by atoms with E-state index in [1.54, 1.807) is 30.3 Å². The van der Waals surface area contributed by atoms with Gasteiger partial charge in [0.05, 0.1) is 23.9 Å². The minimum Gasteiger partial charge on any atom is -0.493 e. The van der Waals surface area contributed by atoms with Crippen LogP contribution in [0.4, 0.5) is 4.79 Å². The summed E-state index contributed by atoms with van der Waals surface area (Å²) >= 11 is 0.591. The normalized spacial score (nSPS) is 13.7. The van der Waals surface area contributed by atoms with Crippen LogP contribution in [0.1, 0.15) is 5.56 Å². The Labute approximate surface area is 247 Å². The maximum Gasteiger partial charge on any atom is 0.351 e.